The quantitative estimate of drug-likeness (QED) is 0.630. The summed E-state index contributed by atoms with van der Waals surface area (Å²) in [6.07, 6.45) is -9.45. The number of carbonyl (C=O) groups excluding carboxylic acids is 2. The van der Waals surface area contributed by atoms with E-state index < -0.39 is 42.3 Å². The fourth-order valence-corrected chi connectivity index (χ4v) is 2.49. The predicted molar refractivity (Wildman–Crippen MR) is 91.4 cm³/mol. The molecule has 0 aromatic carbocycles. The van der Waals surface area contributed by atoms with Crippen LogP contribution in [0.25, 0.3) is 0 Å². The largest absolute Gasteiger partial charge is 0.444 e. The van der Waals surface area contributed by atoms with Crippen LogP contribution in [0.5, 0.6) is 0 Å². The fraction of sp³-hybridized carbons (Fsp3) is 0.882. The van der Waals surface area contributed by atoms with E-state index in [4.69, 9.17) is 4.74 Å². The number of carbonyl (C=O) groups is 2. The van der Waals surface area contributed by atoms with Crippen molar-refractivity contribution in [2.24, 2.45) is 11.8 Å². The van der Waals surface area contributed by atoms with Crippen LogP contribution in [0.3, 0.4) is 0 Å². The van der Waals surface area contributed by atoms with Gasteiger partial charge < -0.3 is 20.5 Å². The standard InChI is InChI=1S/C17H31F3N2O4/c1-9(2)12(10(3)4)22-14(24)13(23)11(8-17(18,19)20)21-15(25)26-16(5,6)7/h9-13,23H,8H2,1-7H3,(H,21,25)(H,22,24). The van der Waals surface area contributed by atoms with Gasteiger partial charge in [-0.15, -0.1) is 0 Å². The van der Waals surface area contributed by atoms with Gasteiger partial charge in [0.15, 0.2) is 6.10 Å². The Kier molecular flexibility index (Phi) is 8.89. The maximum atomic E-state index is 12.8. The Labute approximate surface area is 152 Å². The molecule has 0 aliphatic carbocycles. The summed E-state index contributed by atoms with van der Waals surface area (Å²) in [5, 5.41) is 14.6. The van der Waals surface area contributed by atoms with Gasteiger partial charge in [-0.3, -0.25) is 4.79 Å². The molecular formula is C17H31F3N2O4. The first-order valence-corrected chi connectivity index (χ1v) is 8.58. The second-order valence-corrected chi connectivity index (χ2v) is 8.04. The molecule has 6 nitrogen and oxygen atoms in total. The molecule has 0 bridgehead atoms. The lowest BCUT2D eigenvalue weighted by Gasteiger charge is -2.30. The average Bonchev–Trinajstić information content (AvgIpc) is 2.38. The van der Waals surface area contributed by atoms with Crippen LogP contribution in [0.15, 0.2) is 0 Å². The minimum atomic E-state index is -4.68. The zero-order valence-electron chi connectivity index (χ0n) is 16.4. The van der Waals surface area contributed by atoms with Gasteiger partial charge in [0, 0.05) is 6.04 Å². The highest BCUT2D eigenvalue weighted by Crippen LogP contribution is 2.23. The third-order valence-electron chi connectivity index (χ3n) is 3.55. The molecule has 154 valence electrons. The van der Waals surface area contributed by atoms with Crippen molar-refractivity contribution in [3.8, 4) is 0 Å². The van der Waals surface area contributed by atoms with Crippen molar-refractivity contribution in [1.29, 1.82) is 0 Å². The first kappa shape index (κ1) is 24.5. The van der Waals surface area contributed by atoms with Crippen LogP contribution in [-0.4, -0.2) is 47.1 Å². The molecule has 3 N–H and O–H groups in total. The normalized spacial score (nSPS) is 15.2. The summed E-state index contributed by atoms with van der Waals surface area (Å²) in [6, 6.07) is -2.19. The molecule has 0 radical (unpaired) electrons. The fourth-order valence-electron chi connectivity index (χ4n) is 2.49. The number of rotatable bonds is 7. The van der Waals surface area contributed by atoms with Gasteiger partial charge in [0.1, 0.15) is 5.60 Å². The number of aliphatic hydroxyl groups is 1. The van der Waals surface area contributed by atoms with E-state index in [-0.39, 0.29) is 17.9 Å². The predicted octanol–water partition coefficient (Wildman–Crippen LogP) is 2.99. The van der Waals surface area contributed by atoms with E-state index in [1.54, 1.807) is 20.8 Å². The Morgan fingerprint density at radius 3 is 1.81 bits per heavy atom. The van der Waals surface area contributed by atoms with Gasteiger partial charge in [-0.1, -0.05) is 27.7 Å². The molecule has 2 amide bonds. The molecule has 26 heavy (non-hydrogen) atoms. The Balaban J connectivity index is 5.23. The lowest BCUT2D eigenvalue weighted by Crippen LogP contribution is -2.55. The van der Waals surface area contributed by atoms with Gasteiger partial charge in [0.2, 0.25) is 0 Å². The van der Waals surface area contributed by atoms with E-state index in [1.807, 2.05) is 33.0 Å². The lowest BCUT2D eigenvalue weighted by atomic mass is 9.92. The number of hydrogen-bond donors (Lipinski definition) is 3. The first-order chi connectivity index (χ1) is 11.5. The Morgan fingerprint density at radius 1 is 1.00 bits per heavy atom. The van der Waals surface area contributed by atoms with E-state index in [9.17, 15) is 27.9 Å². The molecule has 0 aliphatic heterocycles. The lowest BCUT2D eigenvalue weighted by molar-refractivity contribution is -0.151. The van der Waals surface area contributed by atoms with Crippen molar-refractivity contribution in [2.45, 2.75) is 84.9 Å². The number of alkyl halides is 3. The van der Waals surface area contributed by atoms with Crippen LogP contribution in [0.2, 0.25) is 0 Å². The number of ether oxygens (including phenoxy) is 1. The van der Waals surface area contributed by atoms with E-state index in [1.165, 1.54) is 0 Å². The summed E-state index contributed by atoms with van der Waals surface area (Å²) in [6.45, 7) is 12.0. The third kappa shape index (κ3) is 9.84. The van der Waals surface area contributed by atoms with Crippen LogP contribution in [0, 0.1) is 11.8 Å². The minimum absolute atomic E-state index is 0.0195. The third-order valence-corrected chi connectivity index (χ3v) is 3.55. The Hall–Kier alpha value is -1.51. The number of nitrogens with one attached hydrogen (secondary N) is 2. The van der Waals surface area contributed by atoms with Crippen LogP contribution < -0.4 is 10.6 Å². The first-order valence-electron chi connectivity index (χ1n) is 8.58. The smallest absolute Gasteiger partial charge is 0.407 e. The molecule has 0 spiro atoms. The van der Waals surface area contributed by atoms with Crippen LogP contribution in [0.1, 0.15) is 54.9 Å². The number of aliphatic hydroxyl groups excluding tert-OH is 1. The zero-order valence-corrected chi connectivity index (χ0v) is 16.4. The highest BCUT2D eigenvalue weighted by molar-refractivity contribution is 5.82. The molecule has 0 aromatic heterocycles. The molecule has 0 saturated carbocycles. The monoisotopic (exact) mass is 384 g/mol. The topological polar surface area (TPSA) is 87.7 Å². The van der Waals surface area contributed by atoms with Crippen molar-refractivity contribution in [3.63, 3.8) is 0 Å². The van der Waals surface area contributed by atoms with E-state index in [2.05, 4.69) is 5.32 Å². The van der Waals surface area contributed by atoms with Gasteiger partial charge in [-0.05, 0) is 32.6 Å². The van der Waals surface area contributed by atoms with Crippen molar-refractivity contribution >= 4 is 12.0 Å². The van der Waals surface area contributed by atoms with E-state index >= 15 is 0 Å². The maximum Gasteiger partial charge on any atom is 0.407 e. The van der Waals surface area contributed by atoms with Crippen molar-refractivity contribution < 1.29 is 32.6 Å². The summed E-state index contributed by atoms with van der Waals surface area (Å²) >= 11 is 0. The minimum Gasteiger partial charge on any atom is -0.444 e. The summed E-state index contributed by atoms with van der Waals surface area (Å²) < 4.78 is 43.3. The summed E-state index contributed by atoms with van der Waals surface area (Å²) in [5.74, 6) is -0.931. The molecule has 2 atom stereocenters. The van der Waals surface area contributed by atoms with Gasteiger partial charge in [0.05, 0.1) is 12.5 Å². The SMILES string of the molecule is CC(C)C(NC(=O)C(O)C(CC(F)(F)F)NC(=O)OC(C)(C)C)C(C)C. The van der Waals surface area contributed by atoms with Crippen LogP contribution in [-0.2, 0) is 9.53 Å². The Morgan fingerprint density at radius 2 is 1.46 bits per heavy atom. The summed E-state index contributed by atoms with van der Waals surface area (Å²) in [4.78, 5) is 24.0. The second kappa shape index (κ2) is 9.43. The number of hydrogen-bond acceptors (Lipinski definition) is 4. The van der Waals surface area contributed by atoms with E-state index in [0.717, 1.165) is 0 Å². The summed E-state index contributed by atoms with van der Waals surface area (Å²) in [7, 11) is 0. The van der Waals surface area contributed by atoms with Crippen molar-refractivity contribution in [1.82, 2.24) is 10.6 Å². The molecule has 0 fully saturated rings. The molecule has 0 heterocycles. The maximum absolute atomic E-state index is 12.8. The molecule has 0 saturated heterocycles. The molecule has 0 aromatic rings. The average molecular weight is 384 g/mol. The van der Waals surface area contributed by atoms with Crippen LogP contribution in [0.4, 0.5) is 18.0 Å². The van der Waals surface area contributed by atoms with E-state index in [0.29, 0.717) is 0 Å². The van der Waals surface area contributed by atoms with Gasteiger partial charge in [-0.2, -0.15) is 13.2 Å². The van der Waals surface area contributed by atoms with Gasteiger partial charge >= 0.3 is 12.3 Å². The van der Waals surface area contributed by atoms with Gasteiger partial charge in [0.25, 0.3) is 5.91 Å². The van der Waals surface area contributed by atoms with Crippen LogP contribution >= 0.6 is 0 Å². The zero-order chi connectivity index (χ0) is 20.9. The van der Waals surface area contributed by atoms with Crippen molar-refractivity contribution in [3.05, 3.63) is 0 Å². The molecule has 0 rings (SSSR count). The van der Waals surface area contributed by atoms with Gasteiger partial charge in [-0.25, -0.2) is 4.79 Å². The summed E-state index contributed by atoms with van der Waals surface area (Å²) in [5.41, 5.74) is -0.930. The highest BCUT2D eigenvalue weighted by atomic mass is 19.4. The molecule has 2 unspecified atom stereocenters. The number of alkyl carbamates (subject to hydrolysis) is 1. The highest BCUT2D eigenvalue weighted by Gasteiger charge is 2.40. The second-order valence-electron chi connectivity index (χ2n) is 8.04. The molecule has 9 heteroatoms. The molecule has 0 aliphatic rings. The molecular weight excluding hydrogens is 353 g/mol. The number of amides is 2. The number of halogens is 3. The Bertz CT molecular complexity index is 466. The van der Waals surface area contributed by atoms with Crippen molar-refractivity contribution in [2.75, 3.05) is 0 Å².